The number of nitrogens with one attached hydrogen (secondary N) is 1. The summed E-state index contributed by atoms with van der Waals surface area (Å²) in [5, 5.41) is 12.0. The quantitative estimate of drug-likeness (QED) is 0.932. The molecule has 20 heavy (non-hydrogen) atoms. The summed E-state index contributed by atoms with van der Waals surface area (Å²) in [6.45, 7) is 4.42. The van der Waals surface area contributed by atoms with E-state index in [-0.39, 0.29) is 0 Å². The number of nitrogens with zero attached hydrogens (tertiary/aromatic N) is 2. The smallest absolute Gasteiger partial charge is 0.247 e. The summed E-state index contributed by atoms with van der Waals surface area (Å²) in [5.41, 5.74) is 3.38. The molecule has 0 amide bonds. The highest BCUT2D eigenvalue weighted by Crippen LogP contribution is 2.30. The standard InChI is InChI=1S/C15H19N3OS/c1-10-8-12(15-18-16-9-19-15)5-6-13(10)17-14-4-3-7-20-11(14)2/h5-6,8-9,11,14,17H,3-4,7H2,1-2H3. The van der Waals surface area contributed by atoms with Gasteiger partial charge in [-0.3, -0.25) is 0 Å². The minimum atomic E-state index is 0.557. The normalized spacial score (nSPS) is 22.7. The van der Waals surface area contributed by atoms with Gasteiger partial charge in [0, 0.05) is 22.5 Å². The molecular weight excluding hydrogens is 270 g/mol. The number of hydrogen-bond donors (Lipinski definition) is 1. The van der Waals surface area contributed by atoms with Gasteiger partial charge in [0.15, 0.2) is 0 Å². The van der Waals surface area contributed by atoms with Crippen molar-refractivity contribution in [3.63, 3.8) is 0 Å². The molecule has 2 atom stereocenters. The van der Waals surface area contributed by atoms with Crippen molar-refractivity contribution in [2.45, 2.75) is 38.0 Å². The summed E-state index contributed by atoms with van der Waals surface area (Å²) in [5.74, 6) is 1.86. The van der Waals surface area contributed by atoms with Gasteiger partial charge in [-0.25, -0.2) is 0 Å². The Hall–Kier alpha value is -1.49. The minimum Gasteiger partial charge on any atom is -0.423 e. The Morgan fingerprint density at radius 3 is 3.00 bits per heavy atom. The largest absolute Gasteiger partial charge is 0.423 e. The molecule has 0 radical (unpaired) electrons. The predicted molar refractivity (Wildman–Crippen MR) is 83.0 cm³/mol. The Kier molecular flexibility index (Phi) is 3.96. The van der Waals surface area contributed by atoms with Crippen LogP contribution in [0.3, 0.4) is 0 Å². The van der Waals surface area contributed by atoms with E-state index in [4.69, 9.17) is 4.42 Å². The van der Waals surface area contributed by atoms with E-state index in [1.807, 2.05) is 6.07 Å². The second kappa shape index (κ2) is 5.87. The monoisotopic (exact) mass is 289 g/mol. The lowest BCUT2D eigenvalue weighted by atomic mass is 10.1. The van der Waals surface area contributed by atoms with Crippen LogP contribution in [0.5, 0.6) is 0 Å². The van der Waals surface area contributed by atoms with Crippen molar-refractivity contribution >= 4 is 17.4 Å². The number of anilines is 1. The van der Waals surface area contributed by atoms with Crippen LogP contribution in [0.2, 0.25) is 0 Å². The Balaban J connectivity index is 1.77. The van der Waals surface area contributed by atoms with Gasteiger partial charge < -0.3 is 9.73 Å². The molecule has 2 unspecified atom stereocenters. The number of thioether (sulfide) groups is 1. The maximum absolute atomic E-state index is 5.24. The molecule has 1 aliphatic rings. The van der Waals surface area contributed by atoms with Gasteiger partial charge in [-0.1, -0.05) is 6.92 Å². The molecule has 106 valence electrons. The first-order valence-electron chi connectivity index (χ1n) is 6.99. The molecule has 0 spiro atoms. The molecule has 3 rings (SSSR count). The Labute approximate surface area is 123 Å². The highest BCUT2D eigenvalue weighted by molar-refractivity contribution is 8.00. The van der Waals surface area contributed by atoms with E-state index in [9.17, 15) is 0 Å². The van der Waals surface area contributed by atoms with Crippen molar-refractivity contribution in [1.29, 1.82) is 0 Å². The molecule has 1 aromatic heterocycles. The van der Waals surface area contributed by atoms with Gasteiger partial charge in [0.05, 0.1) is 0 Å². The number of aryl methyl sites for hydroxylation is 1. The van der Waals surface area contributed by atoms with E-state index in [0.29, 0.717) is 17.2 Å². The zero-order chi connectivity index (χ0) is 13.9. The first kappa shape index (κ1) is 13.5. The maximum atomic E-state index is 5.24. The summed E-state index contributed by atoms with van der Waals surface area (Å²) in [7, 11) is 0. The van der Waals surface area contributed by atoms with E-state index in [1.165, 1.54) is 36.2 Å². The zero-order valence-electron chi connectivity index (χ0n) is 11.8. The fourth-order valence-electron chi connectivity index (χ4n) is 2.57. The summed E-state index contributed by atoms with van der Waals surface area (Å²) in [4.78, 5) is 0. The molecule has 5 heteroatoms. The van der Waals surface area contributed by atoms with E-state index < -0.39 is 0 Å². The van der Waals surface area contributed by atoms with Crippen LogP contribution < -0.4 is 5.32 Å². The Bertz CT molecular complexity index is 571. The van der Waals surface area contributed by atoms with Gasteiger partial charge in [-0.15, -0.1) is 10.2 Å². The fourth-order valence-corrected chi connectivity index (χ4v) is 3.71. The van der Waals surface area contributed by atoms with Crippen molar-refractivity contribution in [3.05, 3.63) is 30.2 Å². The molecule has 2 heterocycles. The first-order valence-corrected chi connectivity index (χ1v) is 8.04. The van der Waals surface area contributed by atoms with Gasteiger partial charge in [0.25, 0.3) is 0 Å². The second-order valence-corrected chi connectivity index (χ2v) is 6.73. The van der Waals surface area contributed by atoms with Crippen LogP contribution >= 0.6 is 11.8 Å². The third kappa shape index (κ3) is 2.82. The average molecular weight is 289 g/mol. The van der Waals surface area contributed by atoms with Crippen LogP contribution in [0.1, 0.15) is 25.3 Å². The second-order valence-electron chi connectivity index (χ2n) is 5.24. The van der Waals surface area contributed by atoms with E-state index in [2.05, 4.69) is 53.3 Å². The van der Waals surface area contributed by atoms with Crippen LogP contribution in [0.4, 0.5) is 5.69 Å². The first-order chi connectivity index (χ1) is 9.74. The highest BCUT2D eigenvalue weighted by Gasteiger charge is 2.22. The van der Waals surface area contributed by atoms with Crippen molar-refractivity contribution in [2.24, 2.45) is 0 Å². The third-order valence-electron chi connectivity index (χ3n) is 3.78. The SMILES string of the molecule is Cc1cc(-c2nnco2)ccc1NC1CCCSC1C. The van der Waals surface area contributed by atoms with Crippen LogP contribution in [-0.4, -0.2) is 27.2 Å². The Morgan fingerprint density at radius 2 is 2.30 bits per heavy atom. The van der Waals surface area contributed by atoms with Gasteiger partial charge >= 0.3 is 0 Å². The van der Waals surface area contributed by atoms with Crippen LogP contribution in [0, 0.1) is 6.92 Å². The van der Waals surface area contributed by atoms with E-state index >= 15 is 0 Å². The highest BCUT2D eigenvalue weighted by atomic mass is 32.2. The maximum Gasteiger partial charge on any atom is 0.247 e. The molecular formula is C15H19N3OS. The third-order valence-corrected chi connectivity index (χ3v) is 5.16. The summed E-state index contributed by atoms with van der Waals surface area (Å²) in [6, 6.07) is 6.79. The fraction of sp³-hybridized carbons (Fsp3) is 0.467. The lowest BCUT2D eigenvalue weighted by Crippen LogP contribution is -2.32. The summed E-state index contributed by atoms with van der Waals surface area (Å²) in [6.07, 6.45) is 3.91. The molecule has 0 aliphatic carbocycles. The number of rotatable bonds is 3. The predicted octanol–water partition coefficient (Wildman–Crippen LogP) is 3.74. The number of hydrogen-bond acceptors (Lipinski definition) is 5. The summed E-state index contributed by atoms with van der Waals surface area (Å²) < 4.78 is 5.24. The van der Waals surface area contributed by atoms with Crippen molar-refractivity contribution in [1.82, 2.24) is 10.2 Å². The van der Waals surface area contributed by atoms with Gasteiger partial charge in [-0.05, 0) is 49.3 Å². The lowest BCUT2D eigenvalue weighted by Gasteiger charge is -2.30. The molecule has 1 aliphatic heterocycles. The van der Waals surface area contributed by atoms with Crippen molar-refractivity contribution < 1.29 is 4.42 Å². The molecule has 0 saturated carbocycles. The van der Waals surface area contributed by atoms with Gasteiger partial charge in [0.2, 0.25) is 12.3 Å². The lowest BCUT2D eigenvalue weighted by molar-refractivity contribution is 0.568. The average Bonchev–Trinajstić information content (AvgIpc) is 2.97. The molecule has 1 aromatic carbocycles. The molecule has 1 fully saturated rings. The van der Waals surface area contributed by atoms with Crippen LogP contribution in [-0.2, 0) is 0 Å². The van der Waals surface area contributed by atoms with Crippen molar-refractivity contribution in [3.8, 4) is 11.5 Å². The van der Waals surface area contributed by atoms with Crippen LogP contribution in [0.25, 0.3) is 11.5 Å². The van der Waals surface area contributed by atoms with Crippen LogP contribution in [0.15, 0.2) is 29.0 Å². The molecule has 1 saturated heterocycles. The van der Waals surface area contributed by atoms with E-state index in [0.717, 1.165) is 5.56 Å². The topological polar surface area (TPSA) is 51.0 Å². The van der Waals surface area contributed by atoms with Crippen molar-refractivity contribution in [2.75, 3.05) is 11.1 Å². The minimum absolute atomic E-state index is 0.557. The number of benzene rings is 1. The zero-order valence-corrected chi connectivity index (χ0v) is 12.6. The van der Waals surface area contributed by atoms with Gasteiger partial charge in [-0.2, -0.15) is 11.8 Å². The van der Waals surface area contributed by atoms with Gasteiger partial charge in [0.1, 0.15) is 0 Å². The number of aromatic nitrogens is 2. The molecule has 4 nitrogen and oxygen atoms in total. The summed E-state index contributed by atoms with van der Waals surface area (Å²) >= 11 is 2.06. The molecule has 1 N–H and O–H groups in total. The molecule has 2 aromatic rings. The molecule has 0 bridgehead atoms. The van der Waals surface area contributed by atoms with E-state index in [1.54, 1.807) is 0 Å². The Morgan fingerprint density at radius 1 is 1.40 bits per heavy atom.